The van der Waals surface area contributed by atoms with Gasteiger partial charge < -0.3 is 19.9 Å². The van der Waals surface area contributed by atoms with Crippen molar-refractivity contribution in [2.24, 2.45) is 0 Å². The van der Waals surface area contributed by atoms with Crippen LogP contribution in [0.15, 0.2) is 18.2 Å². The van der Waals surface area contributed by atoms with Crippen LogP contribution in [0.2, 0.25) is 0 Å². The number of hydrogen-bond donors (Lipinski definition) is 2. The second-order valence-electron chi connectivity index (χ2n) is 4.96. The van der Waals surface area contributed by atoms with Gasteiger partial charge in [-0.2, -0.15) is 0 Å². The molecule has 1 aromatic rings. The minimum Gasteiger partial charge on any atom is -0.497 e. The average molecular weight is 293 g/mol. The number of carbonyl (C=O) groups excluding carboxylic acids is 1. The number of amides is 1. The third-order valence-corrected chi connectivity index (χ3v) is 3.42. The summed E-state index contributed by atoms with van der Waals surface area (Å²) in [6.07, 6.45) is 3.11. The smallest absolute Gasteiger partial charge is 0.337 e. The first kappa shape index (κ1) is 15.3. The van der Waals surface area contributed by atoms with E-state index in [0.29, 0.717) is 12.4 Å². The second-order valence-corrected chi connectivity index (χ2v) is 4.96. The largest absolute Gasteiger partial charge is 0.497 e. The highest BCUT2D eigenvalue weighted by atomic mass is 16.5. The molecule has 2 N–H and O–H groups in total. The minimum atomic E-state index is -1.11. The van der Waals surface area contributed by atoms with E-state index < -0.39 is 5.97 Å². The molecule has 0 aliphatic carbocycles. The van der Waals surface area contributed by atoms with Crippen molar-refractivity contribution in [1.82, 2.24) is 0 Å². The number of carbonyl (C=O) groups is 2. The van der Waals surface area contributed by atoms with E-state index in [1.54, 1.807) is 6.07 Å². The van der Waals surface area contributed by atoms with Crippen LogP contribution in [-0.2, 0) is 9.53 Å². The van der Waals surface area contributed by atoms with Crippen molar-refractivity contribution in [2.45, 2.75) is 31.8 Å². The Morgan fingerprint density at radius 1 is 1.43 bits per heavy atom. The van der Waals surface area contributed by atoms with Gasteiger partial charge >= 0.3 is 5.97 Å². The van der Waals surface area contributed by atoms with Crippen molar-refractivity contribution >= 4 is 17.6 Å². The van der Waals surface area contributed by atoms with Gasteiger partial charge in [-0.25, -0.2) is 4.79 Å². The number of nitrogens with one attached hydrogen (secondary N) is 1. The van der Waals surface area contributed by atoms with Crippen LogP contribution in [0.3, 0.4) is 0 Å². The van der Waals surface area contributed by atoms with E-state index in [-0.39, 0.29) is 29.7 Å². The second kappa shape index (κ2) is 7.08. The summed E-state index contributed by atoms with van der Waals surface area (Å²) in [5.41, 5.74) is 0.274. The molecule has 0 bridgehead atoms. The summed E-state index contributed by atoms with van der Waals surface area (Å²) in [4.78, 5) is 23.2. The number of anilines is 1. The quantitative estimate of drug-likeness (QED) is 0.870. The molecule has 0 aromatic heterocycles. The molecule has 1 aliphatic heterocycles. The first-order valence-corrected chi connectivity index (χ1v) is 6.93. The number of aromatic carboxylic acids is 1. The van der Waals surface area contributed by atoms with Crippen LogP contribution < -0.4 is 10.1 Å². The van der Waals surface area contributed by atoms with Crippen molar-refractivity contribution in [2.75, 3.05) is 19.0 Å². The molecule has 0 radical (unpaired) electrons. The van der Waals surface area contributed by atoms with Gasteiger partial charge in [-0.1, -0.05) is 0 Å². The molecule has 1 aromatic carbocycles. The fourth-order valence-electron chi connectivity index (χ4n) is 2.31. The summed E-state index contributed by atoms with van der Waals surface area (Å²) >= 11 is 0. The molecule has 1 saturated heterocycles. The SMILES string of the molecule is COc1ccc(NC(=O)CC2CCCCO2)c(C(=O)O)c1. The maximum Gasteiger partial charge on any atom is 0.337 e. The lowest BCUT2D eigenvalue weighted by Gasteiger charge is -2.22. The van der Waals surface area contributed by atoms with Gasteiger partial charge in [0, 0.05) is 6.61 Å². The molecule has 1 aliphatic rings. The molecule has 1 amide bonds. The first-order chi connectivity index (χ1) is 10.1. The van der Waals surface area contributed by atoms with Gasteiger partial charge in [-0.05, 0) is 37.5 Å². The van der Waals surface area contributed by atoms with Crippen LogP contribution in [0.25, 0.3) is 0 Å². The standard InChI is InChI=1S/C15H19NO5/c1-20-10-5-6-13(12(8-10)15(18)19)16-14(17)9-11-4-2-3-7-21-11/h5-6,8,11H,2-4,7,9H2,1H3,(H,16,17)(H,18,19). The van der Waals surface area contributed by atoms with Crippen LogP contribution in [-0.4, -0.2) is 36.8 Å². The van der Waals surface area contributed by atoms with Gasteiger partial charge in [-0.3, -0.25) is 4.79 Å². The summed E-state index contributed by atoms with van der Waals surface area (Å²) in [7, 11) is 1.46. The summed E-state index contributed by atoms with van der Waals surface area (Å²) in [6, 6.07) is 4.52. The number of carboxylic acid groups (broad SMARTS) is 1. The number of benzene rings is 1. The van der Waals surface area contributed by atoms with Crippen molar-refractivity contribution in [3.05, 3.63) is 23.8 Å². The molecule has 1 unspecified atom stereocenters. The summed E-state index contributed by atoms with van der Waals surface area (Å²) in [5.74, 6) is -0.923. The number of ether oxygens (including phenoxy) is 2. The molecule has 1 fully saturated rings. The first-order valence-electron chi connectivity index (χ1n) is 6.93. The maximum absolute atomic E-state index is 12.0. The van der Waals surface area contributed by atoms with E-state index in [0.717, 1.165) is 19.3 Å². The van der Waals surface area contributed by atoms with Crippen LogP contribution in [0.1, 0.15) is 36.0 Å². The van der Waals surface area contributed by atoms with Gasteiger partial charge in [0.25, 0.3) is 0 Å². The molecule has 2 rings (SSSR count). The van der Waals surface area contributed by atoms with Crippen LogP contribution in [0.5, 0.6) is 5.75 Å². The Bertz CT molecular complexity index is 523. The lowest BCUT2D eigenvalue weighted by atomic mass is 10.1. The Labute approximate surface area is 123 Å². The maximum atomic E-state index is 12.0. The van der Waals surface area contributed by atoms with E-state index in [4.69, 9.17) is 9.47 Å². The molecule has 0 saturated carbocycles. The Morgan fingerprint density at radius 2 is 2.24 bits per heavy atom. The van der Waals surface area contributed by atoms with E-state index in [1.807, 2.05) is 0 Å². The van der Waals surface area contributed by atoms with Gasteiger partial charge in [0.05, 0.1) is 30.9 Å². The molecule has 6 nitrogen and oxygen atoms in total. The molecule has 6 heteroatoms. The summed E-state index contributed by atoms with van der Waals surface area (Å²) in [6.45, 7) is 0.681. The lowest BCUT2D eigenvalue weighted by Crippen LogP contribution is -2.26. The Morgan fingerprint density at radius 3 is 2.86 bits per heavy atom. The summed E-state index contributed by atoms with van der Waals surface area (Å²) < 4.78 is 10.5. The highest BCUT2D eigenvalue weighted by Crippen LogP contribution is 2.23. The van der Waals surface area contributed by atoms with Crippen LogP contribution >= 0.6 is 0 Å². The molecular formula is C15H19NO5. The van der Waals surface area contributed by atoms with Gasteiger partial charge in [-0.15, -0.1) is 0 Å². The zero-order valence-electron chi connectivity index (χ0n) is 11.9. The minimum absolute atomic E-state index is 0.00672. The monoisotopic (exact) mass is 293 g/mol. The zero-order chi connectivity index (χ0) is 15.2. The topological polar surface area (TPSA) is 84.9 Å². The Hall–Kier alpha value is -2.08. The molecular weight excluding hydrogens is 274 g/mol. The summed E-state index contributed by atoms with van der Waals surface area (Å²) in [5, 5.41) is 11.8. The van der Waals surface area contributed by atoms with Gasteiger partial charge in [0.15, 0.2) is 0 Å². The van der Waals surface area contributed by atoms with E-state index in [9.17, 15) is 14.7 Å². The van der Waals surface area contributed by atoms with Crippen LogP contribution in [0.4, 0.5) is 5.69 Å². The third kappa shape index (κ3) is 4.19. The number of methoxy groups -OCH3 is 1. The van der Waals surface area contributed by atoms with Crippen molar-refractivity contribution < 1.29 is 24.2 Å². The van der Waals surface area contributed by atoms with Crippen molar-refractivity contribution in [3.63, 3.8) is 0 Å². The Balaban J connectivity index is 2.04. The number of carboxylic acids is 1. The van der Waals surface area contributed by atoms with E-state index in [2.05, 4.69) is 5.32 Å². The zero-order valence-corrected chi connectivity index (χ0v) is 11.9. The highest BCUT2D eigenvalue weighted by Gasteiger charge is 2.19. The third-order valence-electron chi connectivity index (χ3n) is 3.42. The van der Waals surface area contributed by atoms with E-state index >= 15 is 0 Å². The fourth-order valence-corrected chi connectivity index (χ4v) is 2.31. The normalized spacial score (nSPS) is 18.0. The lowest BCUT2D eigenvalue weighted by molar-refractivity contribution is -0.119. The van der Waals surface area contributed by atoms with E-state index in [1.165, 1.54) is 19.2 Å². The molecule has 114 valence electrons. The molecule has 1 heterocycles. The number of hydrogen-bond acceptors (Lipinski definition) is 4. The van der Waals surface area contributed by atoms with Crippen molar-refractivity contribution in [1.29, 1.82) is 0 Å². The molecule has 21 heavy (non-hydrogen) atoms. The van der Waals surface area contributed by atoms with Crippen molar-refractivity contribution in [3.8, 4) is 5.75 Å². The predicted octanol–water partition coefficient (Wildman–Crippen LogP) is 2.29. The molecule has 0 spiro atoms. The highest BCUT2D eigenvalue weighted by molar-refractivity contribution is 6.00. The van der Waals surface area contributed by atoms with Crippen LogP contribution in [0, 0.1) is 0 Å². The predicted molar refractivity (Wildman–Crippen MR) is 76.8 cm³/mol. The average Bonchev–Trinajstić information content (AvgIpc) is 2.48. The molecule has 1 atom stereocenters. The fraction of sp³-hybridized carbons (Fsp3) is 0.467. The van der Waals surface area contributed by atoms with Gasteiger partial charge in [0.2, 0.25) is 5.91 Å². The van der Waals surface area contributed by atoms with Gasteiger partial charge in [0.1, 0.15) is 5.75 Å². The Kier molecular flexibility index (Phi) is 5.16. The number of rotatable bonds is 5.